The number of carbonyl (C=O) groups is 1. The summed E-state index contributed by atoms with van der Waals surface area (Å²) >= 11 is 0. The highest BCUT2D eigenvalue weighted by Crippen LogP contribution is 2.22. The third-order valence-electron chi connectivity index (χ3n) is 5.32. The molecule has 0 aliphatic carbocycles. The third-order valence-corrected chi connectivity index (χ3v) is 5.32. The van der Waals surface area contributed by atoms with Crippen LogP contribution in [0.1, 0.15) is 17.7 Å². The smallest absolute Gasteiger partial charge is 0.220 e. The Hall–Kier alpha value is -2.89. The van der Waals surface area contributed by atoms with Gasteiger partial charge in [0.25, 0.3) is 0 Å². The van der Waals surface area contributed by atoms with Crippen LogP contribution in [0.2, 0.25) is 0 Å². The van der Waals surface area contributed by atoms with Crippen LogP contribution in [0.15, 0.2) is 77.2 Å². The molecule has 5 nitrogen and oxygen atoms in total. The fourth-order valence-corrected chi connectivity index (χ4v) is 3.71. The normalized spacial score (nSPS) is 17.0. The quantitative estimate of drug-likeness (QED) is 0.619. The SMILES string of the molecule is O=C(CCc1ccc(-c2ccccc2)o1)NCC1CN(Cc2ccccc2)CCO1. The average molecular weight is 405 g/mol. The van der Waals surface area contributed by atoms with Crippen molar-refractivity contribution in [3.8, 4) is 11.3 Å². The van der Waals surface area contributed by atoms with Gasteiger partial charge >= 0.3 is 0 Å². The molecule has 30 heavy (non-hydrogen) atoms. The number of benzene rings is 2. The summed E-state index contributed by atoms with van der Waals surface area (Å²) in [6, 6.07) is 24.3. The first-order valence-electron chi connectivity index (χ1n) is 10.5. The number of aryl methyl sites for hydroxylation is 1. The number of morpholine rings is 1. The molecule has 1 amide bonds. The molecule has 5 heteroatoms. The second-order valence-corrected chi connectivity index (χ2v) is 7.65. The molecule has 156 valence electrons. The van der Waals surface area contributed by atoms with Crippen LogP contribution < -0.4 is 5.32 Å². The van der Waals surface area contributed by atoms with Gasteiger partial charge in [-0.3, -0.25) is 9.69 Å². The summed E-state index contributed by atoms with van der Waals surface area (Å²) in [5, 5.41) is 3.01. The second kappa shape index (κ2) is 10.2. The van der Waals surface area contributed by atoms with Crippen molar-refractivity contribution < 1.29 is 13.9 Å². The Bertz CT molecular complexity index is 924. The molecule has 0 saturated carbocycles. The van der Waals surface area contributed by atoms with E-state index in [-0.39, 0.29) is 12.0 Å². The highest BCUT2D eigenvalue weighted by molar-refractivity contribution is 5.76. The van der Waals surface area contributed by atoms with E-state index in [4.69, 9.17) is 9.15 Å². The summed E-state index contributed by atoms with van der Waals surface area (Å²) in [6.07, 6.45) is 1.02. The molecular weight excluding hydrogens is 376 g/mol. The van der Waals surface area contributed by atoms with Crippen LogP contribution in [-0.2, 0) is 22.5 Å². The summed E-state index contributed by atoms with van der Waals surface area (Å²) in [7, 11) is 0. The largest absolute Gasteiger partial charge is 0.461 e. The summed E-state index contributed by atoms with van der Waals surface area (Å²) in [6.45, 7) is 3.89. The maximum atomic E-state index is 12.3. The Morgan fingerprint density at radius 2 is 1.77 bits per heavy atom. The van der Waals surface area contributed by atoms with Gasteiger partial charge < -0.3 is 14.5 Å². The first-order chi connectivity index (χ1) is 14.8. The van der Waals surface area contributed by atoms with Gasteiger partial charge in [-0.25, -0.2) is 0 Å². The minimum atomic E-state index is 0.0245. The molecule has 1 aliphatic heterocycles. The van der Waals surface area contributed by atoms with Gasteiger partial charge in [-0.05, 0) is 17.7 Å². The van der Waals surface area contributed by atoms with Crippen LogP contribution in [0.3, 0.4) is 0 Å². The van der Waals surface area contributed by atoms with Crippen LogP contribution in [-0.4, -0.2) is 43.2 Å². The summed E-state index contributed by atoms with van der Waals surface area (Å²) in [5.41, 5.74) is 2.35. The van der Waals surface area contributed by atoms with E-state index in [0.29, 0.717) is 26.0 Å². The van der Waals surface area contributed by atoms with E-state index in [2.05, 4.69) is 34.5 Å². The van der Waals surface area contributed by atoms with Crippen LogP contribution in [0.25, 0.3) is 11.3 Å². The zero-order valence-electron chi connectivity index (χ0n) is 17.1. The van der Waals surface area contributed by atoms with Crippen molar-refractivity contribution in [1.29, 1.82) is 0 Å². The molecule has 1 atom stereocenters. The molecule has 1 unspecified atom stereocenters. The van der Waals surface area contributed by atoms with Crippen molar-refractivity contribution in [2.75, 3.05) is 26.2 Å². The van der Waals surface area contributed by atoms with Crippen LogP contribution in [0, 0.1) is 0 Å². The molecule has 2 heterocycles. The van der Waals surface area contributed by atoms with Crippen molar-refractivity contribution in [2.45, 2.75) is 25.5 Å². The van der Waals surface area contributed by atoms with Crippen molar-refractivity contribution in [1.82, 2.24) is 10.2 Å². The molecule has 1 aromatic heterocycles. The minimum Gasteiger partial charge on any atom is -0.461 e. The topological polar surface area (TPSA) is 54.7 Å². The Kier molecular flexibility index (Phi) is 6.95. The number of carbonyl (C=O) groups excluding carboxylic acids is 1. The zero-order chi connectivity index (χ0) is 20.6. The van der Waals surface area contributed by atoms with Gasteiger partial charge in [-0.1, -0.05) is 60.7 Å². The second-order valence-electron chi connectivity index (χ2n) is 7.65. The van der Waals surface area contributed by atoms with E-state index in [9.17, 15) is 4.79 Å². The fraction of sp³-hybridized carbons (Fsp3) is 0.320. The number of rotatable bonds is 8. The van der Waals surface area contributed by atoms with Crippen LogP contribution in [0.5, 0.6) is 0 Å². The highest BCUT2D eigenvalue weighted by Gasteiger charge is 2.21. The van der Waals surface area contributed by atoms with E-state index in [1.165, 1.54) is 5.56 Å². The summed E-state index contributed by atoms with van der Waals surface area (Å²) in [4.78, 5) is 14.7. The molecule has 3 aromatic rings. The van der Waals surface area contributed by atoms with Crippen molar-refractivity contribution in [3.63, 3.8) is 0 Å². The Morgan fingerprint density at radius 3 is 2.57 bits per heavy atom. The van der Waals surface area contributed by atoms with E-state index >= 15 is 0 Å². The summed E-state index contributed by atoms with van der Waals surface area (Å²) < 4.78 is 11.7. The van der Waals surface area contributed by atoms with Gasteiger partial charge in [0.2, 0.25) is 5.91 Å². The Balaban J connectivity index is 1.19. The molecule has 1 fully saturated rings. The molecule has 2 aromatic carbocycles. The lowest BCUT2D eigenvalue weighted by atomic mass is 10.2. The molecule has 1 aliphatic rings. The maximum absolute atomic E-state index is 12.3. The Morgan fingerprint density at radius 1 is 1.00 bits per heavy atom. The lowest BCUT2D eigenvalue weighted by Gasteiger charge is -2.33. The van der Waals surface area contributed by atoms with Crippen molar-refractivity contribution in [3.05, 3.63) is 84.1 Å². The minimum absolute atomic E-state index is 0.0245. The highest BCUT2D eigenvalue weighted by atomic mass is 16.5. The number of ether oxygens (including phenoxy) is 1. The standard InChI is InChI=1S/C25H28N2O3/c28-25(14-12-22-11-13-24(30-22)21-9-5-2-6-10-21)26-17-23-19-27(15-16-29-23)18-20-7-3-1-4-8-20/h1-11,13,23H,12,14-19H2,(H,26,28). The monoisotopic (exact) mass is 404 g/mol. The molecule has 1 N–H and O–H groups in total. The third kappa shape index (κ3) is 5.81. The predicted molar refractivity (Wildman–Crippen MR) is 117 cm³/mol. The first kappa shape index (κ1) is 20.4. The molecule has 0 radical (unpaired) electrons. The van der Waals surface area contributed by atoms with Gasteiger partial charge in [0.05, 0.1) is 12.7 Å². The maximum Gasteiger partial charge on any atom is 0.220 e. The molecular formula is C25H28N2O3. The van der Waals surface area contributed by atoms with Crippen molar-refractivity contribution in [2.24, 2.45) is 0 Å². The lowest BCUT2D eigenvalue weighted by Crippen LogP contribution is -2.47. The molecule has 0 spiro atoms. The first-order valence-corrected chi connectivity index (χ1v) is 10.5. The summed E-state index contributed by atoms with van der Waals surface area (Å²) in [5.74, 6) is 1.68. The van der Waals surface area contributed by atoms with Crippen LogP contribution in [0.4, 0.5) is 0 Å². The fourth-order valence-electron chi connectivity index (χ4n) is 3.71. The van der Waals surface area contributed by atoms with Crippen LogP contribution >= 0.6 is 0 Å². The average Bonchev–Trinajstić information content (AvgIpc) is 3.27. The van der Waals surface area contributed by atoms with Gasteiger partial charge in [-0.15, -0.1) is 0 Å². The van der Waals surface area contributed by atoms with Gasteiger partial charge in [0.15, 0.2) is 0 Å². The zero-order valence-corrected chi connectivity index (χ0v) is 17.1. The Labute approximate surface area is 177 Å². The lowest BCUT2D eigenvalue weighted by molar-refractivity contribution is -0.122. The van der Waals surface area contributed by atoms with Gasteiger partial charge in [0.1, 0.15) is 11.5 Å². The number of amides is 1. The number of nitrogens with one attached hydrogen (secondary N) is 1. The number of furan rings is 1. The number of hydrogen-bond acceptors (Lipinski definition) is 4. The molecule has 0 bridgehead atoms. The number of hydrogen-bond donors (Lipinski definition) is 1. The van der Waals surface area contributed by atoms with E-state index in [1.807, 2.05) is 48.5 Å². The van der Waals surface area contributed by atoms with Crippen molar-refractivity contribution >= 4 is 5.91 Å². The van der Waals surface area contributed by atoms with E-state index in [1.54, 1.807) is 0 Å². The molecule has 4 rings (SSSR count). The predicted octanol–water partition coefficient (Wildman–Crippen LogP) is 3.90. The van der Waals surface area contributed by atoms with Gasteiger partial charge in [0, 0.05) is 44.6 Å². The molecule has 1 saturated heterocycles. The van der Waals surface area contributed by atoms with Gasteiger partial charge in [-0.2, -0.15) is 0 Å². The van der Waals surface area contributed by atoms with E-state index in [0.717, 1.165) is 36.7 Å². The number of nitrogens with zero attached hydrogens (tertiary/aromatic N) is 1. The van der Waals surface area contributed by atoms with E-state index < -0.39 is 0 Å².